The zero-order valence-electron chi connectivity index (χ0n) is 14.0. The number of nitrogens with one attached hydrogen (secondary N) is 1. The molecule has 0 amide bonds. The molecule has 0 unspecified atom stereocenters. The Morgan fingerprint density at radius 1 is 1.24 bits per heavy atom. The molecule has 136 valence electrons. The van der Waals surface area contributed by atoms with Crippen LogP contribution in [0, 0.1) is 11.6 Å². The molecular weight excluding hydrogens is 392 g/mol. The van der Waals surface area contributed by atoms with Gasteiger partial charge in [0.2, 0.25) is 0 Å². The highest BCUT2D eigenvalue weighted by Gasteiger charge is 2.36. The molecule has 1 atom stereocenters. The van der Waals surface area contributed by atoms with Gasteiger partial charge in [0.15, 0.2) is 0 Å². The fraction of sp³-hybridized carbons (Fsp3) is 0.556. The van der Waals surface area contributed by atoms with Crippen LogP contribution in [0.25, 0.3) is 0 Å². The molecule has 1 N–H and O–H groups in total. The molecule has 2 fully saturated rings. The molecule has 3 aliphatic rings. The lowest BCUT2D eigenvalue weighted by molar-refractivity contribution is 0.0383. The van der Waals surface area contributed by atoms with E-state index in [1.54, 1.807) is 0 Å². The third kappa shape index (κ3) is 3.41. The lowest BCUT2D eigenvalue weighted by Gasteiger charge is -2.26. The van der Waals surface area contributed by atoms with Gasteiger partial charge in [-0.1, -0.05) is 0 Å². The maximum atomic E-state index is 14.4. The number of ether oxygens (including phenoxy) is 1. The van der Waals surface area contributed by atoms with E-state index in [1.165, 1.54) is 23.5 Å². The predicted molar refractivity (Wildman–Crippen MR) is 95.0 cm³/mol. The third-order valence-corrected chi connectivity index (χ3v) is 5.98. The number of halogens is 3. The van der Waals surface area contributed by atoms with Crippen LogP contribution in [0.3, 0.4) is 0 Å². The first-order valence-corrected chi connectivity index (χ1v) is 9.57. The van der Waals surface area contributed by atoms with E-state index < -0.39 is 11.6 Å². The molecule has 0 saturated carbocycles. The van der Waals surface area contributed by atoms with E-state index >= 15 is 0 Å². The topological polar surface area (TPSA) is 27.7 Å². The van der Waals surface area contributed by atoms with Gasteiger partial charge in [0.05, 0.1) is 24.4 Å². The van der Waals surface area contributed by atoms with Crippen LogP contribution >= 0.6 is 15.9 Å². The number of benzene rings is 1. The first-order valence-electron chi connectivity index (χ1n) is 8.78. The average molecular weight is 414 g/mol. The molecule has 0 aliphatic carbocycles. The molecule has 2 saturated heterocycles. The van der Waals surface area contributed by atoms with E-state index in [0.29, 0.717) is 17.4 Å². The first-order chi connectivity index (χ1) is 12.1. The summed E-state index contributed by atoms with van der Waals surface area (Å²) in [6.45, 7) is 5.94. The Morgan fingerprint density at radius 3 is 2.84 bits per heavy atom. The molecule has 1 aromatic rings. The minimum Gasteiger partial charge on any atom is -0.379 e. The van der Waals surface area contributed by atoms with Gasteiger partial charge in [-0.05, 0) is 34.5 Å². The van der Waals surface area contributed by atoms with Crippen molar-refractivity contribution in [3.8, 4) is 0 Å². The normalized spacial score (nSPS) is 24.0. The van der Waals surface area contributed by atoms with Crippen LogP contribution in [0.15, 0.2) is 28.0 Å². The average Bonchev–Trinajstić information content (AvgIpc) is 3.19. The number of rotatable bonds is 4. The van der Waals surface area contributed by atoms with Gasteiger partial charge in [-0.25, -0.2) is 8.78 Å². The summed E-state index contributed by atoms with van der Waals surface area (Å²) in [6.07, 6.45) is 1.64. The fourth-order valence-electron chi connectivity index (χ4n) is 4.01. The van der Waals surface area contributed by atoms with E-state index in [1.807, 2.05) is 0 Å². The van der Waals surface area contributed by atoms with Crippen molar-refractivity contribution in [2.45, 2.75) is 18.8 Å². The summed E-state index contributed by atoms with van der Waals surface area (Å²) in [5.74, 6) is -1.04. The molecule has 4 nitrogen and oxygen atoms in total. The van der Waals surface area contributed by atoms with Crippen LogP contribution in [0.4, 0.5) is 8.78 Å². The van der Waals surface area contributed by atoms with Crippen LogP contribution in [-0.4, -0.2) is 55.9 Å². The summed E-state index contributed by atoms with van der Waals surface area (Å²) in [5.41, 5.74) is 2.66. The van der Waals surface area contributed by atoms with Crippen LogP contribution in [0.1, 0.15) is 24.3 Å². The summed E-state index contributed by atoms with van der Waals surface area (Å²) in [7, 11) is 0. The SMILES string of the molecule is Fc1ccc(Br)c(F)c1[C@@H]1CC2=C(CCN3CCOCC3)NCN2C1. The zero-order valence-corrected chi connectivity index (χ0v) is 15.6. The molecule has 1 aromatic carbocycles. The third-order valence-electron chi connectivity index (χ3n) is 5.36. The van der Waals surface area contributed by atoms with Gasteiger partial charge in [-0.15, -0.1) is 0 Å². The van der Waals surface area contributed by atoms with Crippen molar-refractivity contribution in [3.05, 3.63) is 45.2 Å². The minimum absolute atomic E-state index is 0.131. The van der Waals surface area contributed by atoms with Crippen LogP contribution in [0.5, 0.6) is 0 Å². The number of hydrogen-bond acceptors (Lipinski definition) is 4. The standard InChI is InChI=1S/C18H22BrF2N3O/c19-13-1-2-14(20)17(18(13)21)12-9-16-15(22-11-24(16)10-12)3-4-23-5-7-25-8-6-23/h1-2,12,22H,3-11H2/t12-/m1/s1. The van der Waals surface area contributed by atoms with E-state index in [2.05, 4.69) is 31.0 Å². The summed E-state index contributed by atoms with van der Waals surface area (Å²) in [6, 6.07) is 2.77. The molecule has 7 heteroatoms. The van der Waals surface area contributed by atoms with Crippen molar-refractivity contribution in [2.24, 2.45) is 0 Å². The molecule has 4 rings (SSSR count). The summed E-state index contributed by atoms with van der Waals surface area (Å²) in [4.78, 5) is 4.63. The molecule has 3 heterocycles. The van der Waals surface area contributed by atoms with Crippen molar-refractivity contribution in [1.82, 2.24) is 15.1 Å². The maximum absolute atomic E-state index is 14.4. The molecule has 0 radical (unpaired) electrons. The largest absolute Gasteiger partial charge is 0.379 e. The van der Waals surface area contributed by atoms with E-state index in [0.717, 1.165) is 45.9 Å². The Hall–Kier alpha value is -1.18. The van der Waals surface area contributed by atoms with E-state index in [9.17, 15) is 8.78 Å². The first kappa shape index (κ1) is 17.2. The van der Waals surface area contributed by atoms with Crippen LogP contribution < -0.4 is 5.32 Å². The highest BCUT2D eigenvalue weighted by molar-refractivity contribution is 9.10. The van der Waals surface area contributed by atoms with Crippen molar-refractivity contribution in [1.29, 1.82) is 0 Å². The van der Waals surface area contributed by atoms with Crippen molar-refractivity contribution >= 4 is 15.9 Å². The van der Waals surface area contributed by atoms with Crippen molar-refractivity contribution in [3.63, 3.8) is 0 Å². The Balaban J connectivity index is 1.48. The number of hydrogen-bond donors (Lipinski definition) is 1. The van der Waals surface area contributed by atoms with Gasteiger partial charge in [-0.3, -0.25) is 4.90 Å². The number of fused-ring (bicyclic) bond motifs is 1. The molecule has 25 heavy (non-hydrogen) atoms. The monoisotopic (exact) mass is 413 g/mol. The molecular formula is C18H22BrF2N3O. The van der Waals surface area contributed by atoms with Crippen LogP contribution in [-0.2, 0) is 4.74 Å². The van der Waals surface area contributed by atoms with Gasteiger partial charge in [0.1, 0.15) is 11.6 Å². The Morgan fingerprint density at radius 2 is 2.04 bits per heavy atom. The summed E-state index contributed by atoms with van der Waals surface area (Å²) in [5, 5.41) is 3.46. The van der Waals surface area contributed by atoms with E-state index in [-0.39, 0.29) is 11.5 Å². The van der Waals surface area contributed by atoms with Gasteiger partial charge < -0.3 is 15.0 Å². The minimum atomic E-state index is -0.463. The number of allylic oxidation sites excluding steroid dienone is 1. The smallest absolute Gasteiger partial charge is 0.143 e. The van der Waals surface area contributed by atoms with Crippen molar-refractivity contribution < 1.29 is 13.5 Å². The molecule has 0 aromatic heterocycles. The molecule has 3 aliphatic heterocycles. The maximum Gasteiger partial charge on any atom is 0.143 e. The van der Waals surface area contributed by atoms with Gasteiger partial charge in [0, 0.05) is 55.5 Å². The predicted octanol–water partition coefficient (Wildman–Crippen LogP) is 3.01. The van der Waals surface area contributed by atoms with E-state index in [4.69, 9.17) is 4.74 Å². The fourth-order valence-corrected chi connectivity index (χ4v) is 4.35. The summed E-state index contributed by atoms with van der Waals surface area (Å²) < 4.78 is 34.4. The van der Waals surface area contributed by atoms with Crippen LogP contribution in [0.2, 0.25) is 0 Å². The molecule has 0 bridgehead atoms. The molecule has 0 spiro atoms. The zero-order chi connectivity index (χ0) is 17.4. The highest BCUT2D eigenvalue weighted by atomic mass is 79.9. The van der Waals surface area contributed by atoms with Crippen molar-refractivity contribution in [2.75, 3.05) is 46.1 Å². The lowest BCUT2D eigenvalue weighted by atomic mass is 9.96. The Kier molecular flexibility index (Phi) is 4.97. The van der Waals surface area contributed by atoms with Gasteiger partial charge in [0.25, 0.3) is 0 Å². The second-order valence-electron chi connectivity index (χ2n) is 6.84. The number of nitrogens with zero attached hydrogens (tertiary/aromatic N) is 2. The number of morpholine rings is 1. The second kappa shape index (κ2) is 7.21. The van der Waals surface area contributed by atoms with Gasteiger partial charge in [-0.2, -0.15) is 0 Å². The quantitative estimate of drug-likeness (QED) is 0.767. The van der Waals surface area contributed by atoms with Gasteiger partial charge >= 0.3 is 0 Å². The lowest BCUT2D eigenvalue weighted by Crippen LogP contribution is -2.37. The summed E-state index contributed by atoms with van der Waals surface area (Å²) >= 11 is 3.17. The Bertz CT molecular complexity index is 691. The second-order valence-corrected chi connectivity index (χ2v) is 7.70. The highest BCUT2D eigenvalue weighted by Crippen LogP contribution is 2.40. The Labute approximate surface area is 154 Å².